The first-order chi connectivity index (χ1) is 10.3. The molecule has 0 unspecified atom stereocenters. The van der Waals surface area contributed by atoms with Crippen molar-refractivity contribution in [1.29, 1.82) is 0 Å². The minimum absolute atomic E-state index is 0.406. The van der Waals surface area contributed by atoms with Crippen LogP contribution in [0.1, 0.15) is 18.1 Å². The van der Waals surface area contributed by atoms with Gasteiger partial charge in [-0.05, 0) is 48.9 Å². The minimum atomic E-state index is -4.35. The largest absolute Gasteiger partial charge is 0.416 e. The van der Waals surface area contributed by atoms with Crippen LogP contribution in [0.3, 0.4) is 0 Å². The van der Waals surface area contributed by atoms with Gasteiger partial charge >= 0.3 is 6.18 Å². The molecule has 2 nitrogen and oxygen atoms in total. The number of nitrogens with zero attached hydrogens (tertiary/aromatic N) is 1. The van der Waals surface area contributed by atoms with Gasteiger partial charge in [0, 0.05) is 0 Å². The zero-order valence-electron chi connectivity index (χ0n) is 11.4. The van der Waals surface area contributed by atoms with Gasteiger partial charge in [-0.3, -0.25) is 5.43 Å². The predicted molar refractivity (Wildman–Crippen MR) is 83.7 cm³/mol. The number of anilines is 1. The summed E-state index contributed by atoms with van der Waals surface area (Å²) in [6.45, 7) is 1.75. The number of benzene rings is 2. The second-order valence-corrected chi connectivity index (χ2v) is 5.33. The Balaban J connectivity index is 2.12. The fourth-order valence-corrected chi connectivity index (χ4v) is 1.97. The van der Waals surface area contributed by atoms with Crippen molar-refractivity contribution in [2.45, 2.75) is 13.1 Å². The van der Waals surface area contributed by atoms with Gasteiger partial charge in [0.2, 0.25) is 0 Å². The number of hydrogen-bond donors (Lipinski definition) is 1. The van der Waals surface area contributed by atoms with Crippen LogP contribution in [-0.4, -0.2) is 5.71 Å². The van der Waals surface area contributed by atoms with Gasteiger partial charge in [-0.1, -0.05) is 29.3 Å². The third-order valence-electron chi connectivity index (χ3n) is 2.90. The third kappa shape index (κ3) is 4.15. The first-order valence-electron chi connectivity index (χ1n) is 6.20. The van der Waals surface area contributed by atoms with Gasteiger partial charge in [-0.25, -0.2) is 0 Å². The zero-order chi connectivity index (χ0) is 16.3. The van der Waals surface area contributed by atoms with Gasteiger partial charge in [0.15, 0.2) is 0 Å². The SMILES string of the molecule is C/C(=N\Nc1ccc(C(F)(F)F)cc1)c1ccc(Cl)c(Cl)c1. The standard InChI is InChI=1S/C15H11Cl2F3N2/c1-9(10-2-7-13(16)14(17)8-10)21-22-12-5-3-11(4-6-12)15(18,19)20/h2-8,22H,1H3/b21-9+. The van der Waals surface area contributed by atoms with Gasteiger partial charge in [-0.2, -0.15) is 18.3 Å². The lowest BCUT2D eigenvalue weighted by atomic mass is 10.1. The van der Waals surface area contributed by atoms with Crippen molar-refractivity contribution < 1.29 is 13.2 Å². The summed E-state index contributed by atoms with van der Waals surface area (Å²) in [5.41, 5.74) is 3.83. The van der Waals surface area contributed by atoms with Crippen LogP contribution >= 0.6 is 23.2 Å². The Morgan fingerprint density at radius 1 is 1.00 bits per heavy atom. The van der Waals surface area contributed by atoms with E-state index in [1.807, 2.05) is 0 Å². The summed E-state index contributed by atoms with van der Waals surface area (Å²) in [6.07, 6.45) is -4.35. The van der Waals surface area contributed by atoms with E-state index in [-0.39, 0.29) is 0 Å². The van der Waals surface area contributed by atoms with E-state index in [9.17, 15) is 13.2 Å². The quantitative estimate of drug-likeness (QED) is 0.547. The molecule has 0 aliphatic carbocycles. The highest BCUT2D eigenvalue weighted by Gasteiger charge is 2.29. The molecule has 0 spiro atoms. The lowest BCUT2D eigenvalue weighted by Crippen LogP contribution is -2.04. The average Bonchev–Trinajstić information content (AvgIpc) is 2.47. The molecule has 0 aliphatic rings. The van der Waals surface area contributed by atoms with E-state index in [2.05, 4.69) is 10.5 Å². The highest BCUT2D eigenvalue weighted by atomic mass is 35.5. The fraction of sp³-hybridized carbons (Fsp3) is 0.133. The molecular weight excluding hydrogens is 336 g/mol. The monoisotopic (exact) mass is 346 g/mol. The molecule has 116 valence electrons. The maximum atomic E-state index is 12.5. The van der Waals surface area contributed by atoms with Crippen LogP contribution in [0.4, 0.5) is 18.9 Å². The Hall–Kier alpha value is -1.72. The van der Waals surface area contributed by atoms with Crippen LogP contribution in [0.25, 0.3) is 0 Å². The van der Waals surface area contributed by atoms with Gasteiger partial charge in [0.25, 0.3) is 0 Å². The molecular formula is C15H11Cl2F3N2. The molecule has 0 radical (unpaired) electrons. The van der Waals surface area contributed by atoms with Crippen LogP contribution in [0, 0.1) is 0 Å². The smallest absolute Gasteiger partial charge is 0.278 e. The van der Waals surface area contributed by atoms with Gasteiger partial charge < -0.3 is 0 Å². The first-order valence-corrected chi connectivity index (χ1v) is 6.96. The number of hydrogen-bond acceptors (Lipinski definition) is 2. The molecule has 2 aromatic rings. The van der Waals surface area contributed by atoms with E-state index >= 15 is 0 Å². The summed E-state index contributed by atoms with van der Waals surface area (Å²) in [5, 5.41) is 4.96. The van der Waals surface area contributed by atoms with E-state index in [0.717, 1.165) is 17.7 Å². The van der Waals surface area contributed by atoms with Crippen LogP contribution in [0.2, 0.25) is 10.0 Å². The molecule has 7 heteroatoms. The number of hydrazone groups is 1. The molecule has 0 bridgehead atoms. The highest BCUT2D eigenvalue weighted by Crippen LogP contribution is 2.29. The predicted octanol–water partition coefficient (Wildman–Crippen LogP) is 5.85. The fourth-order valence-electron chi connectivity index (χ4n) is 1.67. The van der Waals surface area contributed by atoms with Crippen molar-refractivity contribution in [2.75, 3.05) is 5.43 Å². The van der Waals surface area contributed by atoms with Gasteiger partial charge in [-0.15, -0.1) is 0 Å². The molecule has 2 aromatic carbocycles. The van der Waals surface area contributed by atoms with E-state index in [0.29, 0.717) is 21.4 Å². The molecule has 1 N–H and O–H groups in total. The van der Waals surface area contributed by atoms with E-state index in [4.69, 9.17) is 23.2 Å². The molecule has 0 aromatic heterocycles. The second kappa shape index (κ2) is 6.58. The van der Waals surface area contributed by atoms with E-state index < -0.39 is 11.7 Å². The summed E-state index contributed by atoms with van der Waals surface area (Å²) >= 11 is 11.8. The molecule has 0 heterocycles. The lowest BCUT2D eigenvalue weighted by Gasteiger charge is -2.08. The molecule has 2 rings (SSSR count). The molecule has 22 heavy (non-hydrogen) atoms. The summed E-state index contributed by atoms with van der Waals surface area (Å²) in [6, 6.07) is 9.68. The van der Waals surface area contributed by atoms with Crippen LogP contribution in [-0.2, 0) is 6.18 Å². The summed E-state index contributed by atoms with van der Waals surface area (Å²) in [4.78, 5) is 0. The Kier molecular flexibility index (Phi) is 4.98. The topological polar surface area (TPSA) is 24.4 Å². The average molecular weight is 347 g/mol. The van der Waals surface area contributed by atoms with Gasteiger partial charge in [0.05, 0.1) is 27.0 Å². The van der Waals surface area contributed by atoms with E-state index in [1.165, 1.54) is 12.1 Å². The van der Waals surface area contributed by atoms with Crippen molar-refractivity contribution >= 4 is 34.6 Å². The Bertz CT molecular complexity index is 695. The van der Waals surface area contributed by atoms with E-state index in [1.54, 1.807) is 25.1 Å². The Morgan fingerprint density at radius 2 is 1.64 bits per heavy atom. The molecule has 0 saturated carbocycles. The first kappa shape index (κ1) is 16.6. The van der Waals surface area contributed by atoms with Crippen molar-refractivity contribution in [1.82, 2.24) is 0 Å². The maximum Gasteiger partial charge on any atom is 0.416 e. The number of halogens is 5. The molecule has 0 saturated heterocycles. The third-order valence-corrected chi connectivity index (χ3v) is 3.64. The molecule has 0 atom stereocenters. The highest BCUT2D eigenvalue weighted by molar-refractivity contribution is 6.42. The minimum Gasteiger partial charge on any atom is -0.278 e. The van der Waals surface area contributed by atoms with Crippen molar-refractivity contribution in [3.63, 3.8) is 0 Å². The Morgan fingerprint density at radius 3 is 2.18 bits per heavy atom. The van der Waals surface area contributed by atoms with Gasteiger partial charge in [0.1, 0.15) is 0 Å². The zero-order valence-corrected chi connectivity index (χ0v) is 12.9. The number of rotatable bonds is 3. The molecule has 0 fully saturated rings. The summed E-state index contributed by atoms with van der Waals surface area (Å²) in [5.74, 6) is 0. The van der Waals surface area contributed by atoms with Crippen molar-refractivity contribution in [2.24, 2.45) is 5.10 Å². The maximum absolute atomic E-state index is 12.5. The van der Waals surface area contributed by atoms with Crippen molar-refractivity contribution in [3.05, 3.63) is 63.6 Å². The summed E-state index contributed by atoms with van der Waals surface area (Å²) < 4.78 is 37.4. The number of alkyl halides is 3. The number of nitrogens with one attached hydrogen (secondary N) is 1. The lowest BCUT2D eigenvalue weighted by molar-refractivity contribution is -0.137. The summed E-state index contributed by atoms with van der Waals surface area (Å²) in [7, 11) is 0. The second-order valence-electron chi connectivity index (χ2n) is 4.51. The van der Waals surface area contributed by atoms with Crippen LogP contribution in [0.15, 0.2) is 47.6 Å². The molecule has 0 aliphatic heterocycles. The van der Waals surface area contributed by atoms with Crippen molar-refractivity contribution in [3.8, 4) is 0 Å². The molecule has 0 amide bonds. The van der Waals surface area contributed by atoms with Crippen LogP contribution in [0.5, 0.6) is 0 Å². The normalized spacial score (nSPS) is 12.4. The Labute approximate surface area is 135 Å². The van der Waals surface area contributed by atoms with Crippen LogP contribution < -0.4 is 5.43 Å².